The van der Waals surface area contributed by atoms with Crippen LogP contribution in [-0.4, -0.2) is 49.3 Å². The first-order valence-corrected chi connectivity index (χ1v) is 9.65. The number of ether oxygens (including phenoxy) is 2. The van der Waals surface area contributed by atoms with Crippen LogP contribution in [0.5, 0.6) is 0 Å². The first-order chi connectivity index (χ1) is 13.4. The predicted molar refractivity (Wildman–Crippen MR) is 110 cm³/mol. The zero-order valence-corrected chi connectivity index (χ0v) is 17.1. The number of anilines is 1. The van der Waals surface area contributed by atoms with Crippen molar-refractivity contribution in [2.45, 2.75) is 25.8 Å². The molecule has 28 heavy (non-hydrogen) atoms. The lowest BCUT2D eigenvalue weighted by atomic mass is 9.95. The second-order valence-corrected chi connectivity index (χ2v) is 7.35. The summed E-state index contributed by atoms with van der Waals surface area (Å²) in [5.74, 6) is -0.269. The molecule has 1 atom stereocenters. The molecule has 1 aliphatic carbocycles. The molecule has 0 saturated heterocycles. The van der Waals surface area contributed by atoms with Gasteiger partial charge in [0, 0.05) is 31.5 Å². The Hall–Kier alpha value is -2.45. The summed E-state index contributed by atoms with van der Waals surface area (Å²) in [5.41, 5.74) is 2.73. The predicted octanol–water partition coefficient (Wildman–Crippen LogP) is 2.36. The molecule has 1 saturated carbocycles. The van der Waals surface area contributed by atoms with Crippen LogP contribution in [0.15, 0.2) is 35.5 Å². The number of hydrogen-bond donors (Lipinski definition) is 2. The van der Waals surface area contributed by atoms with E-state index in [9.17, 15) is 9.59 Å². The summed E-state index contributed by atoms with van der Waals surface area (Å²) < 4.78 is 10.3. The molecule has 0 radical (unpaired) electrons. The minimum atomic E-state index is -0.462. The van der Waals surface area contributed by atoms with Crippen LogP contribution >= 0.6 is 12.2 Å². The number of methoxy groups -OCH3 is 1. The molecule has 1 heterocycles. The third kappa shape index (κ3) is 4.51. The van der Waals surface area contributed by atoms with Crippen LogP contribution in [0.4, 0.5) is 5.69 Å². The Balaban J connectivity index is 1.87. The van der Waals surface area contributed by atoms with Gasteiger partial charge in [-0.25, -0.2) is 4.79 Å². The smallest absolute Gasteiger partial charge is 0.338 e. The van der Waals surface area contributed by atoms with E-state index >= 15 is 0 Å². The largest absolute Gasteiger partial charge is 0.460 e. The zero-order chi connectivity index (χ0) is 20.3. The van der Waals surface area contributed by atoms with Crippen LogP contribution in [0.3, 0.4) is 0 Å². The van der Waals surface area contributed by atoms with Gasteiger partial charge in [-0.15, -0.1) is 0 Å². The Morgan fingerprint density at radius 1 is 1.32 bits per heavy atom. The quantitative estimate of drug-likeness (QED) is 0.411. The molecule has 1 aromatic rings. The van der Waals surface area contributed by atoms with Crippen molar-refractivity contribution in [3.05, 3.63) is 41.1 Å². The lowest BCUT2D eigenvalue weighted by molar-refractivity contribution is -0.140. The third-order valence-corrected chi connectivity index (χ3v) is 5.32. The van der Waals surface area contributed by atoms with E-state index in [2.05, 4.69) is 10.6 Å². The molecule has 1 aliphatic heterocycles. The number of amides is 1. The molecule has 1 amide bonds. The van der Waals surface area contributed by atoms with E-state index in [0.29, 0.717) is 23.0 Å². The fourth-order valence-electron chi connectivity index (χ4n) is 3.03. The van der Waals surface area contributed by atoms with Gasteiger partial charge in [0.1, 0.15) is 6.61 Å². The standard InChI is InChI=1S/C20H25N3O4S/c1-12-16(19(25)27-10-9-26-3)17(22-20(28)23(12)2)14-5-4-6-15(11-14)21-18(24)13-7-8-13/h4-6,11,13,17H,7-10H2,1-3H3,(H,21,24)(H,22,28). The molecule has 7 nitrogen and oxygen atoms in total. The van der Waals surface area contributed by atoms with Crippen molar-refractivity contribution in [3.8, 4) is 0 Å². The average Bonchev–Trinajstić information content (AvgIpc) is 3.51. The molecule has 0 bridgehead atoms. The fourth-order valence-corrected chi connectivity index (χ4v) is 3.29. The van der Waals surface area contributed by atoms with Crippen LogP contribution in [0.2, 0.25) is 0 Å². The number of nitrogens with one attached hydrogen (secondary N) is 2. The van der Waals surface area contributed by atoms with Crippen molar-refractivity contribution in [1.82, 2.24) is 10.2 Å². The summed E-state index contributed by atoms with van der Waals surface area (Å²) >= 11 is 5.41. The van der Waals surface area contributed by atoms with Crippen molar-refractivity contribution in [2.24, 2.45) is 5.92 Å². The summed E-state index contributed by atoms with van der Waals surface area (Å²) in [6.45, 7) is 2.34. The SMILES string of the molecule is COCCOC(=O)C1=C(C)N(C)C(=S)NC1c1cccc(NC(=O)C2CC2)c1. The fraction of sp³-hybridized carbons (Fsp3) is 0.450. The highest BCUT2D eigenvalue weighted by atomic mass is 32.1. The van der Waals surface area contributed by atoms with Gasteiger partial charge in [-0.3, -0.25) is 4.79 Å². The molecule has 8 heteroatoms. The number of thiocarbonyl (C=S) groups is 1. The molecular formula is C20H25N3O4S. The first kappa shape index (κ1) is 20.3. The molecule has 2 N–H and O–H groups in total. The Kier molecular flexibility index (Phi) is 6.31. The van der Waals surface area contributed by atoms with Crippen molar-refractivity contribution >= 4 is 34.9 Å². The Bertz CT molecular complexity index is 819. The highest BCUT2D eigenvalue weighted by Crippen LogP contribution is 2.33. The molecule has 1 unspecified atom stereocenters. The maximum atomic E-state index is 12.8. The number of esters is 1. The first-order valence-electron chi connectivity index (χ1n) is 9.24. The third-order valence-electron chi connectivity index (χ3n) is 4.93. The van der Waals surface area contributed by atoms with Gasteiger partial charge in [-0.2, -0.15) is 0 Å². The highest BCUT2D eigenvalue weighted by molar-refractivity contribution is 7.80. The van der Waals surface area contributed by atoms with Gasteiger partial charge in [0.25, 0.3) is 0 Å². The number of carbonyl (C=O) groups excluding carboxylic acids is 2. The number of carbonyl (C=O) groups is 2. The van der Waals surface area contributed by atoms with Crippen molar-refractivity contribution < 1.29 is 19.1 Å². The topological polar surface area (TPSA) is 79.9 Å². The molecule has 150 valence electrons. The van der Waals surface area contributed by atoms with E-state index in [4.69, 9.17) is 21.7 Å². The van der Waals surface area contributed by atoms with Crippen LogP contribution in [0.25, 0.3) is 0 Å². The van der Waals surface area contributed by atoms with Gasteiger partial charge in [-0.05, 0) is 49.7 Å². The van der Waals surface area contributed by atoms with E-state index in [0.717, 1.165) is 24.1 Å². The number of allylic oxidation sites excluding steroid dienone is 1. The molecule has 0 aromatic heterocycles. The lowest BCUT2D eigenvalue weighted by Crippen LogP contribution is -2.46. The zero-order valence-electron chi connectivity index (χ0n) is 16.3. The van der Waals surface area contributed by atoms with E-state index < -0.39 is 12.0 Å². The molecule has 1 aromatic carbocycles. The molecule has 1 fully saturated rings. The monoisotopic (exact) mass is 403 g/mol. The minimum absolute atomic E-state index is 0.0370. The van der Waals surface area contributed by atoms with Crippen LogP contribution < -0.4 is 10.6 Å². The van der Waals surface area contributed by atoms with E-state index in [1.54, 1.807) is 19.1 Å². The Morgan fingerprint density at radius 2 is 2.07 bits per heavy atom. The molecule has 3 rings (SSSR count). The number of nitrogens with zero attached hydrogens (tertiary/aromatic N) is 1. The Morgan fingerprint density at radius 3 is 2.75 bits per heavy atom. The summed E-state index contributed by atoms with van der Waals surface area (Å²) in [5, 5.41) is 6.66. The summed E-state index contributed by atoms with van der Waals surface area (Å²) in [6, 6.07) is 6.99. The average molecular weight is 404 g/mol. The highest BCUT2D eigenvalue weighted by Gasteiger charge is 2.34. The van der Waals surface area contributed by atoms with Crippen LogP contribution in [-0.2, 0) is 19.1 Å². The van der Waals surface area contributed by atoms with Gasteiger partial charge in [0.15, 0.2) is 5.11 Å². The van der Waals surface area contributed by atoms with E-state index in [-0.39, 0.29) is 18.4 Å². The maximum absolute atomic E-state index is 12.8. The van der Waals surface area contributed by atoms with Gasteiger partial charge < -0.3 is 25.0 Å². The van der Waals surface area contributed by atoms with Crippen molar-refractivity contribution in [2.75, 3.05) is 32.7 Å². The number of hydrogen-bond acceptors (Lipinski definition) is 5. The second-order valence-electron chi connectivity index (χ2n) is 6.96. The molecular weight excluding hydrogens is 378 g/mol. The molecule has 0 spiro atoms. The summed E-state index contributed by atoms with van der Waals surface area (Å²) in [7, 11) is 3.35. The van der Waals surface area contributed by atoms with E-state index in [1.165, 1.54) is 0 Å². The van der Waals surface area contributed by atoms with Gasteiger partial charge in [0.05, 0.1) is 18.2 Å². The summed E-state index contributed by atoms with van der Waals surface area (Å²) in [6.07, 6.45) is 1.88. The van der Waals surface area contributed by atoms with Gasteiger partial charge in [-0.1, -0.05) is 12.1 Å². The van der Waals surface area contributed by atoms with Crippen molar-refractivity contribution in [1.29, 1.82) is 0 Å². The van der Waals surface area contributed by atoms with Gasteiger partial charge in [0.2, 0.25) is 5.91 Å². The lowest BCUT2D eigenvalue weighted by Gasteiger charge is -2.35. The minimum Gasteiger partial charge on any atom is -0.460 e. The van der Waals surface area contributed by atoms with Gasteiger partial charge >= 0.3 is 5.97 Å². The van der Waals surface area contributed by atoms with Crippen LogP contribution in [0, 0.1) is 5.92 Å². The second kappa shape index (κ2) is 8.70. The van der Waals surface area contributed by atoms with E-state index in [1.807, 2.05) is 31.2 Å². The number of rotatable bonds is 7. The molecule has 2 aliphatic rings. The number of benzene rings is 1. The summed E-state index contributed by atoms with van der Waals surface area (Å²) in [4.78, 5) is 26.6. The normalized spacial score (nSPS) is 19.3. The maximum Gasteiger partial charge on any atom is 0.338 e. The van der Waals surface area contributed by atoms with Crippen LogP contribution in [0.1, 0.15) is 31.4 Å². The Labute approximate surface area is 170 Å². The van der Waals surface area contributed by atoms with Crippen molar-refractivity contribution in [3.63, 3.8) is 0 Å².